The zero-order chi connectivity index (χ0) is 13.6. The number of benzene rings is 1. The Morgan fingerprint density at radius 1 is 1.32 bits per heavy atom. The normalized spacial score (nSPS) is 27.9. The fraction of sp³-hybridized carbons (Fsp3) is 0.588. The van der Waals surface area contributed by atoms with Gasteiger partial charge >= 0.3 is 0 Å². The van der Waals surface area contributed by atoms with E-state index in [0.29, 0.717) is 11.7 Å². The number of rotatable bonds is 2. The number of hydrogen-bond acceptors (Lipinski definition) is 2. The number of carbonyl (C=O) groups excluding carboxylic acids is 1. The maximum absolute atomic E-state index is 12.6. The van der Waals surface area contributed by atoms with Crippen LogP contribution >= 0.6 is 0 Å². The minimum absolute atomic E-state index is 0.134. The summed E-state index contributed by atoms with van der Waals surface area (Å²) in [5.74, 6) is 2.04. The lowest BCUT2D eigenvalue weighted by Gasteiger charge is -2.16. The SMILES string of the molecule is CC1CCCC1C(=O)c1ccc2c(c1)CC(C)(C)O2. The van der Waals surface area contributed by atoms with Crippen LogP contribution in [0.4, 0.5) is 0 Å². The second kappa shape index (κ2) is 4.36. The first kappa shape index (κ1) is 12.7. The van der Waals surface area contributed by atoms with Crippen LogP contribution in [0.2, 0.25) is 0 Å². The molecule has 0 bridgehead atoms. The van der Waals surface area contributed by atoms with Crippen molar-refractivity contribution in [3.63, 3.8) is 0 Å². The lowest BCUT2D eigenvalue weighted by molar-refractivity contribution is 0.0897. The largest absolute Gasteiger partial charge is 0.487 e. The van der Waals surface area contributed by atoms with E-state index < -0.39 is 0 Å². The highest BCUT2D eigenvalue weighted by Gasteiger charge is 2.33. The van der Waals surface area contributed by atoms with E-state index in [4.69, 9.17) is 4.74 Å². The van der Waals surface area contributed by atoms with Crippen molar-refractivity contribution in [2.45, 2.75) is 52.1 Å². The van der Waals surface area contributed by atoms with E-state index in [0.717, 1.165) is 24.2 Å². The van der Waals surface area contributed by atoms with Crippen molar-refractivity contribution < 1.29 is 9.53 Å². The van der Waals surface area contributed by atoms with Gasteiger partial charge in [-0.3, -0.25) is 4.79 Å². The first-order valence-electron chi connectivity index (χ1n) is 7.32. The van der Waals surface area contributed by atoms with Gasteiger partial charge < -0.3 is 4.74 Å². The Labute approximate surface area is 115 Å². The van der Waals surface area contributed by atoms with E-state index in [1.807, 2.05) is 12.1 Å². The Hall–Kier alpha value is -1.31. The van der Waals surface area contributed by atoms with Gasteiger partial charge in [0.1, 0.15) is 11.4 Å². The lowest BCUT2D eigenvalue weighted by Crippen LogP contribution is -2.24. The predicted octanol–water partition coefficient (Wildman–Crippen LogP) is 4.02. The summed E-state index contributed by atoms with van der Waals surface area (Å²) in [5.41, 5.74) is 1.92. The number of hydrogen-bond donors (Lipinski definition) is 0. The molecule has 2 nitrogen and oxygen atoms in total. The maximum Gasteiger partial charge on any atom is 0.166 e. The summed E-state index contributed by atoms with van der Waals surface area (Å²) >= 11 is 0. The first-order chi connectivity index (χ1) is 8.96. The molecule has 0 N–H and O–H groups in total. The molecule has 0 radical (unpaired) electrons. The van der Waals surface area contributed by atoms with Crippen LogP contribution in [-0.2, 0) is 6.42 Å². The van der Waals surface area contributed by atoms with Gasteiger partial charge in [-0.2, -0.15) is 0 Å². The van der Waals surface area contributed by atoms with Crippen LogP contribution in [0.25, 0.3) is 0 Å². The number of ketones is 1. The lowest BCUT2D eigenvalue weighted by atomic mass is 9.88. The Balaban J connectivity index is 1.86. The van der Waals surface area contributed by atoms with E-state index in [1.165, 1.54) is 18.4 Å². The predicted molar refractivity (Wildman–Crippen MR) is 75.7 cm³/mol. The van der Waals surface area contributed by atoms with Crippen molar-refractivity contribution in [3.8, 4) is 5.75 Å². The molecule has 2 heteroatoms. The molecule has 102 valence electrons. The standard InChI is InChI=1S/C17H22O2/c1-11-5-4-6-14(11)16(18)12-7-8-15-13(9-12)10-17(2,3)19-15/h7-9,11,14H,4-6,10H2,1-3H3. The summed E-state index contributed by atoms with van der Waals surface area (Å²) in [6.45, 7) is 6.39. The molecule has 19 heavy (non-hydrogen) atoms. The van der Waals surface area contributed by atoms with Gasteiger partial charge in [-0.1, -0.05) is 13.3 Å². The van der Waals surface area contributed by atoms with E-state index in [9.17, 15) is 4.79 Å². The Morgan fingerprint density at radius 3 is 2.79 bits per heavy atom. The van der Waals surface area contributed by atoms with Crippen molar-refractivity contribution in [2.24, 2.45) is 11.8 Å². The molecule has 1 aromatic carbocycles. The van der Waals surface area contributed by atoms with Crippen LogP contribution in [0.15, 0.2) is 18.2 Å². The van der Waals surface area contributed by atoms with E-state index >= 15 is 0 Å². The quantitative estimate of drug-likeness (QED) is 0.749. The molecular formula is C17H22O2. The topological polar surface area (TPSA) is 26.3 Å². The van der Waals surface area contributed by atoms with E-state index in [-0.39, 0.29) is 11.5 Å². The van der Waals surface area contributed by atoms with Gasteiger partial charge in [-0.25, -0.2) is 0 Å². The van der Waals surface area contributed by atoms with Gasteiger partial charge in [0, 0.05) is 17.9 Å². The molecule has 1 fully saturated rings. The molecule has 2 unspecified atom stereocenters. The molecule has 1 aromatic rings. The number of Topliss-reactive ketones (excluding diaryl/α,β-unsaturated/α-hetero) is 1. The molecule has 0 saturated heterocycles. The third kappa shape index (κ3) is 2.29. The summed E-state index contributed by atoms with van der Waals surface area (Å²) < 4.78 is 5.86. The minimum Gasteiger partial charge on any atom is -0.487 e. The molecule has 1 aliphatic carbocycles. The van der Waals surface area contributed by atoms with Gasteiger partial charge in [-0.15, -0.1) is 0 Å². The second-order valence-electron chi connectivity index (χ2n) is 6.74. The smallest absolute Gasteiger partial charge is 0.166 e. The monoisotopic (exact) mass is 258 g/mol. The molecule has 3 rings (SSSR count). The highest BCUT2D eigenvalue weighted by atomic mass is 16.5. The summed E-state index contributed by atoms with van der Waals surface area (Å²) in [7, 11) is 0. The molecule has 0 aromatic heterocycles. The third-order valence-corrected chi connectivity index (χ3v) is 4.55. The molecule has 1 saturated carbocycles. The molecule has 2 atom stereocenters. The third-order valence-electron chi connectivity index (χ3n) is 4.55. The molecule has 0 amide bonds. The average molecular weight is 258 g/mol. The van der Waals surface area contributed by atoms with Gasteiger partial charge in [0.2, 0.25) is 0 Å². The fourth-order valence-electron chi connectivity index (χ4n) is 3.51. The highest BCUT2D eigenvalue weighted by Crippen LogP contribution is 2.38. The minimum atomic E-state index is -0.134. The Bertz CT molecular complexity index is 516. The zero-order valence-corrected chi connectivity index (χ0v) is 12.0. The van der Waals surface area contributed by atoms with Crippen molar-refractivity contribution in [1.82, 2.24) is 0 Å². The summed E-state index contributed by atoms with van der Waals surface area (Å²) in [6, 6.07) is 5.96. The van der Waals surface area contributed by atoms with Gasteiger partial charge in [0.15, 0.2) is 5.78 Å². The van der Waals surface area contributed by atoms with Crippen LogP contribution < -0.4 is 4.74 Å². The molecule has 0 spiro atoms. The van der Waals surface area contributed by atoms with Crippen molar-refractivity contribution in [1.29, 1.82) is 0 Å². The van der Waals surface area contributed by atoms with Crippen LogP contribution in [-0.4, -0.2) is 11.4 Å². The molecule has 1 aliphatic heterocycles. The summed E-state index contributed by atoms with van der Waals surface area (Å²) in [4.78, 5) is 12.6. The second-order valence-corrected chi connectivity index (χ2v) is 6.74. The summed E-state index contributed by atoms with van der Waals surface area (Å²) in [5, 5.41) is 0. The van der Waals surface area contributed by atoms with Crippen molar-refractivity contribution in [3.05, 3.63) is 29.3 Å². The van der Waals surface area contributed by atoms with Gasteiger partial charge in [-0.05, 0) is 56.4 Å². The molecular weight excluding hydrogens is 236 g/mol. The summed E-state index contributed by atoms with van der Waals surface area (Å²) in [6.07, 6.45) is 4.33. The number of fused-ring (bicyclic) bond motifs is 1. The zero-order valence-electron chi connectivity index (χ0n) is 12.0. The van der Waals surface area contributed by atoms with Gasteiger partial charge in [0.25, 0.3) is 0 Å². The number of ether oxygens (including phenoxy) is 1. The van der Waals surface area contributed by atoms with Crippen molar-refractivity contribution >= 4 is 5.78 Å². The molecule has 1 heterocycles. The van der Waals surface area contributed by atoms with E-state index in [2.05, 4.69) is 26.8 Å². The highest BCUT2D eigenvalue weighted by molar-refractivity contribution is 5.98. The molecule has 2 aliphatic rings. The van der Waals surface area contributed by atoms with Crippen LogP contribution in [0.3, 0.4) is 0 Å². The maximum atomic E-state index is 12.6. The van der Waals surface area contributed by atoms with Crippen molar-refractivity contribution in [2.75, 3.05) is 0 Å². The van der Waals surface area contributed by atoms with Crippen LogP contribution in [0.1, 0.15) is 56.0 Å². The van der Waals surface area contributed by atoms with E-state index in [1.54, 1.807) is 0 Å². The average Bonchev–Trinajstić information content (AvgIpc) is 2.88. The Morgan fingerprint density at radius 2 is 2.11 bits per heavy atom. The van der Waals surface area contributed by atoms with Crippen LogP contribution in [0, 0.1) is 11.8 Å². The Kier molecular flexibility index (Phi) is 2.92. The first-order valence-corrected chi connectivity index (χ1v) is 7.32. The fourth-order valence-corrected chi connectivity index (χ4v) is 3.51. The number of carbonyl (C=O) groups is 1. The van der Waals surface area contributed by atoms with Crippen LogP contribution in [0.5, 0.6) is 5.75 Å². The van der Waals surface area contributed by atoms with Gasteiger partial charge in [0.05, 0.1) is 0 Å².